The smallest absolute Gasteiger partial charge is 0.318 e. The number of fused-ring (bicyclic) bond motifs is 1. The quantitative estimate of drug-likeness (QED) is 0.841. The molecule has 6 nitrogen and oxygen atoms in total. The summed E-state index contributed by atoms with van der Waals surface area (Å²) in [4.78, 5) is 17.5. The van der Waals surface area contributed by atoms with Crippen LogP contribution in [-0.4, -0.2) is 35.5 Å². The van der Waals surface area contributed by atoms with E-state index in [4.69, 9.17) is 10.2 Å². The standard InChI is InChI=1S/C12H14N4O2/c13-3-4-16-6-10(15-12(16)17)8-1-2-9-11(5-8)18-7-14-9/h1-2,5,7,10H,3-4,6,13H2,(H,15,17). The van der Waals surface area contributed by atoms with Crippen molar-refractivity contribution in [2.45, 2.75) is 6.04 Å². The van der Waals surface area contributed by atoms with Gasteiger partial charge in [-0.2, -0.15) is 0 Å². The molecular weight excluding hydrogens is 232 g/mol. The van der Waals surface area contributed by atoms with Gasteiger partial charge in [0.25, 0.3) is 0 Å². The average molecular weight is 246 g/mol. The Morgan fingerprint density at radius 2 is 2.44 bits per heavy atom. The molecule has 6 heteroatoms. The van der Waals surface area contributed by atoms with Crippen LogP contribution in [0.3, 0.4) is 0 Å². The Morgan fingerprint density at radius 1 is 1.56 bits per heavy atom. The van der Waals surface area contributed by atoms with Gasteiger partial charge >= 0.3 is 6.03 Å². The maximum atomic E-state index is 11.7. The molecule has 1 aromatic carbocycles. The van der Waals surface area contributed by atoms with Crippen LogP contribution in [0.4, 0.5) is 4.79 Å². The van der Waals surface area contributed by atoms with Crippen molar-refractivity contribution in [1.29, 1.82) is 0 Å². The van der Waals surface area contributed by atoms with Gasteiger partial charge in [-0.3, -0.25) is 0 Å². The number of amides is 2. The van der Waals surface area contributed by atoms with Gasteiger partial charge < -0.3 is 20.4 Å². The van der Waals surface area contributed by atoms with E-state index in [1.54, 1.807) is 4.90 Å². The van der Waals surface area contributed by atoms with E-state index < -0.39 is 0 Å². The molecule has 0 bridgehead atoms. The number of rotatable bonds is 3. The number of oxazole rings is 1. The number of benzene rings is 1. The fraction of sp³-hybridized carbons (Fsp3) is 0.333. The van der Waals surface area contributed by atoms with Gasteiger partial charge in [0.15, 0.2) is 12.0 Å². The van der Waals surface area contributed by atoms with Gasteiger partial charge in [-0.25, -0.2) is 9.78 Å². The molecule has 1 unspecified atom stereocenters. The minimum absolute atomic E-state index is 0.0152. The maximum Gasteiger partial charge on any atom is 0.318 e. The Hall–Kier alpha value is -2.08. The van der Waals surface area contributed by atoms with Gasteiger partial charge in [-0.05, 0) is 17.7 Å². The molecule has 18 heavy (non-hydrogen) atoms. The molecule has 1 aliphatic heterocycles. The first kappa shape index (κ1) is 11.0. The summed E-state index contributed by atoms with van der Waals surface area (Å²) in [5.41, 5.74) is 8.05. The highest BCUT2D eigenvalue weighted by Crippen LogP contribution is 2.23. The first-order chi connectivity index (χ1) is 8.78. The minimum atomic E-state index is -0.0666. The van der Waals surface area contributed by atoms with Crippen LogP contribution in [0.1, 0.15) is 11.6 Å². The molecule has 1 fully saturated rings. The fourth-order valence-corrected chi connectivity index (χ4v) is 2.22. The Morgan fingerprint density at radius 3 is 3.28 bits per heavy atom. The molecular formula is C12H14N4O2. The molecule has 1 aromatic heterocycles. The fourth-order valence-electron chi connectivity index (χ4n) is 2.22. The normalized spacial score (nSPS) is 19.5. The summed E-state index contributed by atoms with van der Waals surface area (Å²) in [6.45, 7) is 1.68. The number of carbonyl (C=O) groups is 1. The summed E-state index contributed by atoms with van der Waals surface area (Å²) in [7, 11) is 0. The number of carbonyl (C=O) groups excluding carboxylic acids is 1. The van der Waals surface area contributed by atoms with E-state index in [0.717, 1.165) is 16.7 Å². The molecule has 3 N–H and O–H groups in total. The predicted molar refractivity (Wildman–Crippen MR) is 65.9 cm³/mol. The number of hydrogen-bond donors (Lipinski definition) is 2. The molecule has 0 spiro atoms. The lowest BCUT2D eigenvalue weighted by atomic mass is 10.1. The van der Waals surface area contributed by atoms with Gasteiger partial charge in [-0.1, -0.05) is 6.07 Å². The molecule has 3 rings (SSSR count). The summed E-state index contributed by atoms with van der Waals surface area (Å²) >= 11 is 0. The average Bonchev–Trinajstić information content (AvgIpc) is 2.96. The molecule has 0 saturated carbocycles. The summed E-state index contributed by atoms with van der Waals surface area (Å²) in [5.74, 6) is 0. The zero-order valence-corrected chi connectivity index (χ0v) is 9.80. The van der Waals surface area contributed by atoms with Gasteiger partial charge in [0.2, 0.25) is 0 Å². The molecule has 2 aromatic rings. The Bertz CT molecular complexity index is 580. The summed E-state index contributed by atoms with van der Waals surface area (Å²) in [6.07, 6.45) is 1.42. The highest BCUT2D eigenvalue weighted by Gasteiger charge is 2.29. The maximum absolute atomic E-state index is 11.7. The highest BCUT2D eigenvalue weighted by molar-refractivity contribution is 5.78. The second kappa shape index (κ2) is 4.30. The Kier molecular flexibility index (Phi) is 2.64. The minimum Gasteiger partial charge on any atom is -0.443 e. The van der Waals surface area contributed by atoms with Crippen LogP contribution in [0.25, 0.3) is 11.1 Å². The van der Waals surface area contributed by atoms with Crippen molar-refractivity contribution < 1.29 is 9.21 Å². The molecule has 0 radical (unpaired) electrons. The van der Waals surface area contributed by atoms with Crippen molar-refractivity contribution in [3.63, 3.8) is 0 Å². The van der Waals surface area contributed by atoms with Crippen LogP contribution in [-0.2, 0) is 0 Å². The summed E-state index contributed by atoms with van der Waals surface area (Å²) in [5, 5.41) is 2.93. The second-order valence-corrected chi connectivity index (χ2v) is 4.32. The Balaban J connectivity index is 1.84. The SMILES string of the molecule is NCCN1CC(c2ccc3ncoc3c2)NC1=O. The van der Waals surface area contributed by atoms with Crippen LogP contribution in [0, 0.1) is 0 Å². The zero-order valence-electron chi connectivity index (χ0n) is 9.80. The van der Waals surface area contributed by atoms with Gasteiger partial charge in [0.05, 0.1) is 6.04 Å². The van der Waals surface area contributed by atoms with Crippen molar-refractivity contribution in [3.8, 4) is 0 Å². The third kappa shape index (κ3) is 1.80. The van der Waals surface area contributed by atoms with Crippen LogP contribution in [0.5, 0.6) is 0 Å². The Labute approximate surface area is 104 Å². The zero-order chi connectivity index (χ0) is 12.5. The second-order valence-electron chi connectivity index (χ2n) is 4.32. The van der Waals surface area contributed by atoms with E-state index in [0.29, 0.717) is 19.6 Å². The number of nitrogens with zero attached hydrogens (tertiary/aromatic N) is 2. The van der Waals surface area contributed by atoms with Gasteiger partial charge in [0, 0.05) is 19.6 Å². The topological polar surface area (TPSA) is 84.4 Å². The van der Waals surface area contributed by atoms with Crippen LogP contribution in [0.2, 0.25) is 0 Å². The first-order valence-corrected chi connectivity index (χ1v) is 5.86. The van der Waals surface area contributed by atoms with Crippen molar-refractivity contribution in [1.82, 2.24) is 15.2 Å². The number of aromatic nitrogens is 1. The van der Waals surface area contributed by atoms with Crippen LogP contribution < -0.4 is 11.1 Å². The number of urea groups is 1. The first-order valence-electron chi connectivity index (χ1n) is 5.86. The molecule has 0 aliphatic carbocycles. The third-order valence-corrected chi connectivity index (χ3v) is 3.14. The number of hydrogen-bond acceptors (Lipinski definition) is 4. The van der Waals surface area contributed by atoms with E-state index in [2.05, 4.69) is 10.3 Å². The molecule has 1 aliphatic rings. The molecule has 1 atom stereocenters. The van der Waals surface area contributed by atoms with E-state index in [1.807, 2.05) is 18.2 Å². The van der Waals surface area contributed by atoms with Crippen LogP contribution in [0.15, 0.2) is 29.0 Å². The monoisotopic (exact) mass is 246 g/mol. The van der Waals surface area contributed by atoms with E-state index >= 15 is 0 Å². The summed E-state index contributed by atoms with van der Waals surface area (Å²) < 4.78 is 5.26. The van der Waals surface area contributed by atoms with E-state index in [1.165, 1.54) is 6.39 Å². The summed E-state index contributed by atoms with van der Waals surface area (Å²) in [6, 6.07) is 5.69. The van der Waals surface area contributed by atoms with Crippen molar-refractivity contribution in [2.75, 3.05) is 19.6 Å². The van der Waals surface area contributed by atoms with Crippen molar-refractivity contribution >= 4 is 17.1 Å². The molecule has 94 valence electrons. The lowest BCUT2D eigenvalue weighted by Crippen LogP contribution is -2.32. The number of nitrogens with one attached hydrogen (secondary N) is 1. The lowest BCUT2D eigenvalue weighted by molar-refractivity contribution is 0.218. The van der Waals surface area contributed by atoms with Gasteiger partial charge in [0.1, 0.15) is 5.52 Å². The van der Waals surface area contributed by atoms with Gasteiger partial charge in [-0.15, -0.1) is 0 Å². The largest absolute Gasteiger partial charge is 0.443 e. The molecule has 2 heterocycles. The number of nitrogens with two attached hydrogens (primary N) is 1. The molecule has 1 saturated heterocycles. The highest BCUT2D eigenvalue weighted by atomic mass is 16.3. The molecule has 2 amide bonds. The van der Waals surface area contributed by atoms with Crippen molar-refractivity contribution in [3.05, 3.63) is 30.2 Å². The van der Waals surface area contributed by atoms with E-state index in [-0.39, 0.29) is 12.1 Å². The lowest BCUT2D eigenvalue weighted by Gasteiger charge is -2.12. The van der Waals surface area contributed by atoms with E-state index in [9.17, 15) is 4.79 Å². The third-order valence-electron chi connectivity index (χ3n) is 3.14. The van der Waals surface area contributed by atoms with Crippen LogP contribution >= 0.6 is 0 Å². The van der Waals surface area contributed by atoms with Crippen molar-refractivity contribution in [2.24, 2.45) is 5.73 Å². The predicted octanol–water partition coefficient (Wildman–Crippen LogP) is 0.853.